The number of likely N-dealkylation sites (tertiary alicyclic amines) is 1. The van der Waals surface area contributed by atoms with Crippen molar-refractivity contribution in [1.29, 1.82) is 0 Å². The van der Waals surface area contributed by atoms with E-state index >= 15 is 0 Å². The second-order valence-electron chi connectivity index (χ2n) is 6.30. The third kappa shape index (κ3) is 3.18. The van der Waals surface area contributed by atoms with E-state index in [4.69, 9.17) is 4.52 Å². The fourth-order valence-corrected chi connectivity index (χ4v) is 4.76. The summed E-state index contributed by atoms with van der Waals surface area (Å²) in [5.41, 5.74) is 0. The summed E-state index contributed by atoms with van der Waals surface area (Å²) in [4.78, 5) is 6.38. The van der Waals surface area contributed by atoms with Gasteiger partial charge < -0.3 is 4.52 Å². The van der Waals surface area contributed by atoms with Crippen molar-refractivity contribution in [2.24, 2.45) is 0 Å². The van der Waals surface area contributed by atoms with Gasteiger partial charge in [0.2, 0.25) is 15.9 Å². The molecule has 1 aromatic heterocycles. The lowest BCUT2D eigenvalue weighted by atomic mass is 10.1. The number of hydrogen-bond donors (Lipinski definition) is 1. The molecule has 1 saturated carbocycles. The van der Waals surface area contributed by atoms with Gasteiger partial charge in [-0.2, -0.15) is 4.98 Å². The Morgan fingerprint density at radius 2 is 2.05 bits per heavy atom. The van der Waals surface area contributed by atoms with Gasteiger partial charge in [-0.15, -0.1) is 0 Å². The summed E-state index contributed by atoms with van der Waals surface area (Å²) in [6, 6.07) is 0.102. The number of nitrogens with one attached hydrogen (secondary N) is 1. The van der Waals surface area contributed by atoms with Crippen molar-refractivity contribution in [2.75, 3.05) is 13.1 Å². The zero-order valence-electron chi connectivity index (χ0n) is 13.2. The van der Waals surface area contributed by atoms with Crippen molar-refractivity contribution >= 4 is 10.0 Å². The van der Waals surface area contributed by atoms with Gasteiger partial charge in [-0.25, -0.2) is 13.1 Å². The molecule has 1 atom stereocenters. The van der Waals surface area contributed by atoms with Crippen LogP contribution in [0.5, 0.6) is 0 Å². The first kappa shape index (κ1) is 15.9. The Hall–Kier alpha value is -0.990. The smallest absolute Gasteiger partial charge is 0.243 e. The number of nitrogens with zero attached hydrogens (tertiary/aromatic N) is 3. The van der Waals surface area contributed by atoms with Crippen molar-refractivity contribution in [3.8, 4) is 0 Å². The normalized spacial score (nSPS) is 22.8. The molecule has 0 radical (unpaired) electrons. The number of sulfonamides is 1. The predicted molar refractivity (Wildman–Crippen MR) is 81.8 cm³/mol. The molecular weight excluding hydrogens is 304 g/mol. The van der Waals surface area contributed by atoms with E-state index < -0.39 is 10.0 Å². The summed E-state index contributed by atoms with van der Waals surface area (Å²) in [7, 11) is -3.21. The zero-order chi connectivity index (χ0) is 15.7. The van der Waals surface area contributed by atoms with Crippen LogP contribution >= 0.6 is 0 Å². The summed E-state index contributed by atoms with van der Waals surface area (Å²) in [6.07, 6.45) is 4.91. The molecule has 0 bridgehead atoms. The molecule has 1 N–H and O–H groups in total. The summed E-state index contributed by atoms with van der Waals surface area (Å²) in [5.74, 6) is 1.26. The van der Waals surface area contributed by atoms with E-state index in [9.17, 15) is 8.42 Å². The summed E-state index contributed by atoms with van der Waals surface area (Å²) >= 11 is 0. The third-order valence-electron chi connectivity index (χ3n) is 4.71. The topological polar surface area (TPSA) is 88.3 Å². The number of aryl methyl sites for hydroxylation is 1. The largest absolute Gasteiger partial charge is 0.338 e. The Kier molecular flexibility index (Phi) is 4.52. The van der Waals surface area contributed by atoms with E-state index in [1.54, 1.807) is 0 Å². The molecule has 1 aromatic rings. The predicted octanol–water partition coefficient (Wildman–Crippen LogP) is 1.24. The Morgan fingerprint density at radius 3 is 2.64 bits per heavy atom. The van der Waals surface area contributed by atoms with Crippen molar-refractivity contribution in [1.82, 2.24) is 19.8 Å². The number of hydrogen-bond acceptors (Lipinski definition) is 6. The molecule has 1 aliphatic heterocycles. The zero-order valence-corrected chi connectivity index (χ0v) is 14.0. The minimum atomic E-state index is -3.21. The van der Waals surface area contributed by atoms with Crippen LogP contribution in [0.1, 0.15) is 57.3 Å². The fraction of sp³-hybridized carbons (Fsp3) is 0.857. The van der Waals surface area contributed by atoms with Crippen LogP contribution in [0, 0.1) is 0 Å². The maximum absolute atomic E-state index is 12.3. The summed E-state index contributed by atoms with van der Waals surface area (Å²) in [5, 5.41) is 3.56. The standard InChI is InChI=1S/C14H24N4O3S/c1-3-13-15-14(21-16-13)10(2)18-8-12(9-18)22(19,20)17-11-6-4-5-7-11/h10-12,17H,3-9H2,1-2H3/t10-/m0/s1. The maximum Gasteiger partial charge on any atom is 0.243 e. The molecule has 0 aromatic carbocycles. The highest BCUT2D eigenvalue weighted by molar-refractivity contribution is 7.90. The molecule has 1 saturated heterocycles. The number of rotatable bonds is 6. The first-order chi connectivity index (χ1) is 10.5. The molecule has 0 unspecified atom stereocenters. The van der Waals surface area contributed by atoms with E-state index in [1.165, 1.54) is 0 Å². The van der Waals surface area contributed by atoms with Crippen molar-refractivity contribution in [3.05, 3.63) is 11.7 Å². The lowest BCUT2D eigenvalue weighted by Crippen LogP contribution is -2.58. The molecule has 3 rings (SSSR count). The van der Waals surface area contributed by atoms with Crippen LogP contribution in [0.2, 0.25) is 0 Å². The van der Waals surface area contributed by atoms with E-state index in [-0.39, 0.29) is 17.3 Å². The van der Waals surface area contributed by atoms with E-state index in [0.717, 1.165) is 32.1 Å². The van der Waals surface area contributed by atoms with Gasteiger partial charge in [-0.3, -0.25) is 4.90 Å². The minimum Gasteiger partial charge on any atom is -0.338 e. The quantitative estimate of drug-likeness (QED) is 0.845. The lowest BCUT2D eigenvalue weighted by Gasteiger charge is -2.41. The van der Waals surface area contributed by atoms with Gasteiger partial charge in [0, 0.05) is 25.6 Å². The van der Waals surface area contributed by atoms with Crippen LogP contribution in [0.15, 0.2) is 4.52 Å². The van der Waals surface area contributed by atoms with E-state index in [1.807, 2.05) is 13.8 Å². The summed E-state index contributed by atoms with van der Waals surface area (Å²) < 4.78 is 32.8. The van der Waals surface area contributed by atoms with Crippen molar-refractivity contribution in [2.45, 2.75) is 63.3 Å². The monoisotopic (exact) mass is 328 g/mol. The third-order valence-corrected chi connectivity index (χ3v) is 6.54. The average Bonchev–Trinajstić information content (AvgIpc) is 3.06. The van der Waals surface area contributed by atoms with Gasteiger partial charge in [0.15, 0.2) is 5.82 Å². The lowest BCUT2D eigenvalue weighted by molar-refractivity contribution is 0.108. The molecule has 22 heavy (non-hydrogen) atoms. The molecule has 2 heterocycles. The second kappa shape index (κ2) is 6.25. The highest BCUT2D eigenvalue weighted by Gasteiger charge is 2.41. The molecule has 124 valence electrons. The molecule has 7 nitrogen and oxygen atoms in total. The van der Waals surface area contributed by atoms with Gasteiger partial charge in [0.25, 0.3) is 0 Å². The Morgan fingerprint density at radius 1 is 1.36 bits per heavy atom. The van der Waals surface area contributed by atoms with Crippen molar-refractivity contribution < 1.29 is 12.9 Å². The van der Waals surface area contributed by atoms with Crippen LogP contribution in [0.3, 0.4) is 0 Å². The van der Waals surface area contributed by atoms with Gasteiger partial charge in [-0.1, -0.05) is 24.9 Å². The highest BCUT2D eigenvalue weighted by atomic mass is 32.2. The van der Waals surface area contributed by atoms with Crippen LogP contribution < -0.4 is 4.72 Å². The van der Waals surface area contributed by atoms with Gasteiger partial charge in [0.1, 0.15) is 5.25 Å². The second-order valence-corrected chi connectivity index (χ2v) is 8.29. The van der Waals surface area contributed by atoms with Crippen LogP contribution in [0.4, 0.5) is 0 Å². The van der Waals surface area contributed by atoms with Crippen LogP contribution in [0.25, 0.3) is 0 Å². The van der Waals surface area contributed by atoms with Gasteiger partial charge in [-0.05, 0) is 19.8 Å². The molecule has 0 amide bonds. The van der Waals surface area contributed by atoms with Gasteiger partial charge in [0.05, 0.1) is 6.04 Å². The number of aromatic nitrogens is 2. The molecule has 1 aliphatic carbocycles. The molecular formula is C14H24N4O3S. The molecule has 2 fully saturated rings. The Labute approximate surface area is 131 Å². The molecule has 2 aliphatic rings. The van der Waals surface area contributed by atoms with E-state index in [0.29, 0.717) is 24.8 Å². The molecule has 8 heteroatoms. The Bertz CT molecular complexity index is 603. The highest BCUT2D eigenvalue weighted by Crippen LogP contribution is 2.28. The van der Waals surface area contributed by atoms with Crippen molar-refractivity contribution in [3.63, 3.8) is 0 Å². The SMILES string of the molecule is CCc1noc([C@H](C)N2CC(S(=O)(=O)NC3CCCC3)C2)n1. The average molecular weight is 328 g/mol. The molecule has 0 spiro atoms. The maximum atomic E-state index is 12.3. The van der Waals surface area contributed by atoms with E-state index in [2.05, 4.69) is 19.8 Å². The van der Waals surface area contributed by atoms with Crippen LogP contribution in [-0.2, 0) is 16.4 Å². The minimum absolute atomic E-state index is 0.0364. The first-order valence-electron chi connectivity index (χ1n) is 8.07. The fourth-order valence-electron chi connectivity index (χ4n) is 3.09. The van der Waals surface area contributed by atoms with Crippen LogP contribution in [-0.4, -0.2) is 47.8 Å². The Balaban J connectivity index is 1.54. The summed E-state index contributed by atoms with van der Waals surface area (Å²) in [6.45, 7) is 4.99. The first-order valence-corrected chi connectivity index (χ1v) is 9.62. The van der Waals surface area contributed by atoms with Gasteiger partial charge >= 0.3 is 0 Å².